The quantitative estimate of drug-likeness (QED) is 0.495. The summed E-state index contributed by atoms with van der Waals surface area (Å²) >= 11 is 0. The van der Waals surface area contributed by atoms with Gasteiger partial charge in [0.15, 0.2) is 0 Å². The number of rotatable bonds is 3. The van der Waals surface area contributed by atoms with Gasteiger partial charge in [-0.05, 0) is 50.3 Å². The lowest BCUT2D eigenvalue weighted by Crippen LogP contribution is -2.18. The summed E-state index contributed by atoms with van der Waals surface area (Å²) in [6, 6.07) is 7.39. The Bertz CT molecular complexity index is 1230. The molecule has 0 fully saturated rings. The molecule has 0 saturated heterocycles. The maximum Gasteiger partial charge on any atom is 0.204 e. The molecule has 5 nitrogen and oxygen atoms in total. The van der Waals surface area contributed by atoms with Crippen LogP contribution in [-0.2, 0) is 0 Å². The standard InChI is InChI=1S/C25H24O5/c1-13(2)17-9-4-14(3)10-18(17)22-20(27)11-21(28)23-24(29)19(12-30-25(22)23)15-5-7-16(26)8-6-15/h5-8,10-12,17-18,26-28H,1,4,9H2,2-3H3/t17-,18+/m0/s1. The van der Waals surface area contributed by atoms with E-state index in [0.29, 0.717) is 11.1 Å². The average Bonchev–Trinajstić information content (AvgIpc) is 2.68. The smallest absolute Gasteiger partial charge is 0.204 e. The highest BCUT2D eigenvalue weighted by atomic mass is 16.3. The van der Waals surface area contributed by atoms with E-state index in [2.05, 4.69) is 12.7 Å². The normalized spacial score (nSPS) is 18.9. The Hall–Kier alpha value is -3.47. The van der Waals surface area contributed by atoms with Gasteiger partial charge in [0, 0.05) is 17.5 Å². The number of phenolic OH excluding ortho intramolecular Hbond substituents is 3. The van der Waals surface area contributed by atoms with Crippen LogP contribution in [0, 0.1) is 5.92 Å². The molecule has 5 heteroatoms. The second-order valence-electron chi connectivity index (χ2n) is 8.09. The van der Waals surface area contributed by atoms with Gasteiger partial charge in [0.25, 0.3) is 0 Å². The molecule has 1 aromatic heterocycles. The summed E-state index contributed by atoms with van der Waals surface area (Å²) in [5, 5.41) is 30.8. The first-order valence-corrected chi connectivity index (χ1v) is 9.90. The van der Waals surface area contributed by atoms with E-state index in [4.69, 9.17) is 4.42 Å². The van der Waals surface area contributed by atoms with Gasteiger partial charge in [-0.3, -0.25) is 4.79 Å². The number of hydrogen-bond acceptors (Lipinski definition) is 5. The number of benzene rings is 2. The fraction of sp³-hybridized carbons (Fsp3) is 0.240. The molecule has 154 valence electrons. The lowest BCUT2D eigenvalue weighted by Gasteiger charge is -2.31. The number of allylic oxidation sites excluding steroid dienone is 3. The summed E-state index contributed by atoms with van der Waals surface area (Å²) in [6.45, 7) is 8.12. The second-order valence-corrected chi connectivity index (χ2v) is 8.09. The van der Waals surface area contributed by atoms with Crippen molar-refractivity contribution in [1.29, 1.82) is 0 Å². The molecule has 4 rings (SSSR count). The summed E-state index contributed by atoms with van der Waals surface area (Å²) < 4.78 is 5.88. The van der Waals surface area contributed by atoms with Crippen molar-refractivity contribution < 1.29 is 19.7 Å². The van der Waals surface area contributed by atoms with Crippen LogP contribution in [0.25, 0.3) is 22.1 Å². The Morgan fingerprint density at radius 2 is 1.83 bits per heavy atom. The monoisotopic (exact) mass is 404 g/mol. The predicted molar refractivity (Wildman–Crippen MR) is 117 cm³/mol. The summed E-state index contributed by atoms with van der Waals surface area (Å²) in [5.41, 5.74) is 3.29. The van der Waals surface area contributed by atoms with Crippen molar-refractivity contribution in [2.24, 2.45) is 5.92 Å². The third kappa shape index (κ3) is 3.26. The van der Waals surface area contributed by atoms with E-state index in [-0.39, 0.29) is 45.6 Å². The summed E-state index contributed by atoms with van der Waals surface area (Å²) in [7, 11) is 0. The van der Waals surface area contributed by atoms with Crippen molar-refractivity contribution in [2.45, 2.75) is 32.6 Å². The first-order chi connectivity index (χ1) is 14.3. The predicted octanol–water partition coefficient (Wildman–Crippen LogP) is 5.59. The summed E-state index contributed by atoms with van der Waals surface area (Å²) in [4.78, 5) is 13.3. The molecule has 3 N–H and O–H groups in total. The molecule has 1 aliphatic rings. The number of hydrogen-bond donors (Lipinski definition) is 3. The van der Waals surface area contributed by atoms with E-state index in [1.165, 1.54) is 30.0 Å². The minimum Gasteiger partial charge on any atom is -0.508 e. The second kappa shape index (κ2) is 7.41. The van der Waals surface area contributed by atoms with E-state index in [9.17, 15) is 20.1 Å². The summed E-state index contributed by atoms with van der Waals surface area (Å²) in [5.74, 6) is -0.465. The molecule has 30 heavy (non-hydrogen) atoms. The third-order valence-electron chi connectivity index (χ3n) is 5.94. The van der Waals surface area contributed by atoms with E-state index in [1.54, 1.807) is 12.1 Å². The molecule has 0 bridgehead atoms. The Kier molecular flexibility index (Phi) is 4.90. The van der Waals surface area contributed by atoms with Crippen LogP contribution in [-0.4, -0.2) is 15.3 Å². The minimum absolute atomic E-state index is 0.0328. The van der Waals surface area contributed by atoms with Gasteiger partial charge in [-0.25, -0.2) is 0 Å². The highest BCUT2D eigenvalue weighted by Crippen LogP contribution is 2.47. The van der Waals surface area contributed by atoms with E-state index >= 15 is 0 Å². The van der Waals surface area contributed by atoms with E-state index in [1.807, 2.05) is 13.8 Å². The van der Waals surface area contributed by atoms with Crippen LogP contribution in [0.2, 0.25) is 0 Å². The molecule has 0 radical (unpaired) electrons. The highest BCUT2D eigenvalue weighted by Gasteiger charge is 2.31. The van der Waals surface area contributed by atoms with Gasteiger partial charge in [0.05, 0.1) is 5.56 Å². The molecule has 1 heterocycles. The number of phenols is 3. The molecule has 0 unspecified atom stereocenters. The topological polar surface area (TPSA) is 90.9 Å². The van der Waals surface area contributed by atoms with Gasteiger partial charge in [-0.2, -0.15) is 0 Å². The lowest BCUT2D eigenvalue weighted by atomic mass is 9.73. The summed E-state index contributed by atoms with van der Waals surface area (Å²) in [6.07, 6.45) is 5.26. The minimum atomic E-state index is -0.399. The van der Waals surface area contributed by atoms with E-state index in [0.717, 1.165) is 18.4 Å². The van der Waals surface area contributed by atoms with Crippen molar-refractivity contribution in [1.82, 2.24) is 0 Å². The first kappa shape index (κ1) is 19.8. The van der Waals surface area contributed by atoms with Crippen molar-refractivity contribution in [2.75, 3.05) is 0 Å². The molecule has 2 aromatic carbocycles. The van der Waals surface area contributed by atoms with Gasteiger partial charge in [-0.15, -0.1) is 0 Å². The van der Waals surface area contributed by atoms with Crippen LogP contribution in [0.1, 0.15) is 38.2 Å². The molecule has 0 aliphatic heterocycles. The maximum absolute atomic E-state index is 13.3. The van der Waals surface area contributed by atoms with Crippen molar-refractivity contribution in [3.63, 3.8) is 0 Å². The lowest BCUT2D eigenvalue weighted by molar-refractivity contribution is 0.425. The van der Waals surface area contributed by atoms with Gasteiger partial charge in [0.2, 0.25) is 5.43 Å². The van der Waals surface area contributed by atoms with Gasteiger partial charge in [0.1, 0.15) is 34.5 Å². The number of aromatic hydroxyl groups is 3. The van der Waals surface area contributed by atoms with Crippen LogP contribution < -0.4 is 5.43 Å². The molecule has 1 aliphatic carbocycles. The average molecular weight is 404 g/mol. The Labute approximate surface area is 174 Å². The Morgan fingerprint density at radius 3 is 2.50 bits per heavy atom. The largest absolute Gasteiger partial charge is 0.508 e. The fourth-order valence-electron chi connectivity index (χ4n) is 4.36. The van der Waals surface area contributed by atoms with Crippen LogP contribution in [0.15, 0.2) is 69.6 Å². The van der Waals surface area contributed by atoms with Crippen molar-refractivity contribution in [3.8, 4) is 28.4 Å². The molecule has 3 aromatic rings. The zero-order chi connectivity index (χ0) is 21.6. The Balaban J connectivity index is 1.99. The van der Waals surface area contributed by atoms with Crippen LogP contribution >= 0.6 is 0 Å². The van der Waals surface area contributed by atoms with Crippen LogP contribution in [0.5, 0.6) is 17.2 Å². The van der Waals surface area contributed by atoms with Gasteiger partial charge < -0.3 is 19.7 Å². The van der Waals surface area contributed by atoms with Crippen molar-refractivity contribution in [3.05, 3.63) is 76.2 Å². The highest BCUT2D eigenvalue weighted by molar-refractivity contribution is 5.91. The first-order valence-electron chi connectivity index (χ1n) is 9.90. The fourth-order valence-corrected chi connectivity index (χ4v) is 4.36. The van der Waals surface area contributed by atoms with Gasteiger partial charge >= 0.3 is 0 Å². The Morgan fingerprint density at radius 1 is 1.13 bits per heavy atom. The molecule has 2 atom stereocenters. The van der Waals surface area contributed by atoms with E-state index < -0.39 is 5.43 Å². The molecule has 0 spiro atoms. The third-order valence-corrected chi connectivity index (χ3v) is 5.94. The van der Waals surface area contributed by atoms with Crippen molar-refractivity contribution >= 4 is 11.0 Å². The molecular weight excluding hydrogens is 380 g/mol. The molecule has 0 amide bonds. The SMILES string of the molecule is C=C(C)[C@@H]1CCC(C)=C[C@H]1c1c(O)cc(O)c2c(=O)c(-c3ccc(O)cc3)coc12. The zero-order valence-corrected chi connectivity index (χ0v) is 17.0. The van der Waals surface area contributed by atoms with Crippen LogP contribution in [0.4, 0.5) is 0 Å². The molecular formula is C25H24O5. The van der Waals surface area contributed by atoms with Gasteiger partial charge in [-0.1, -0.05) is 35.9 Å². The zero-order valence-electron chi connectivity index (χ0n) is 17.0. The maximum atomic E-state index is 13.3. The molecule has 0 saturated carbocycles. The van der Waals surface area contributed by atoms with Crippen LogP contribution in [0.3, 0.4) is 0 Å². The number of fused-ring (bicyclic) bond motifs is 1.